The molecule has 0 unspecified atom stereocenters. The number of carbonyl (C=O) groups excluding carboxylic acids is 2. The highest BCUT2D eigenvalue weighted by Crippen LogP contribution is 2.12. The second-order valence-corrected chi connectivity index (χ2v) is 6.23. The SMILES string of the molecule is C=CCNC(=O)[C@H](C)N1CCN(C(=O)Cc2ccccc2C)CC1. The van der Waals surface area contributed by atoms with Crippen LogP contribution in [0, 0.1) is 6.92 Å². The largest absolute Gasteiger partial charge is 0.351 e. The lowest BCUT2D eigenvalue weighted by Crippen LogP contribution is -2.55. The van der Waals surface area contributed by atoms with Crippen molar-refractivity contribution in [1.82, 2.24) is 15.1 Å². The van der Waals surface area contributed by atoms with Crippen molar-refractivity contribution in [3.8, 4) is 0 Å². The van der Waals surface area contributed by atoms with Gasteiger partial charge < -0.3 is 10.2 Å². The van der Waals surface area contributed by atoms with E-state index in [1.54, 1.807) is 6.08 Å². The molecule has 1 aliphatic rings. The van der Waals surface area contributed by atoms with Gasteiger partial charge in [-0.25, -0.2) is 0 Å². The van der Waals surface area contributed by atoms with Crippen LogP contribution < -0.4 is 5.32 Å². The molecular weight excluding hydrogens is 302 g/mol. The number of carbonyl (C=O) groups is 2. The number of amides is 2. The first-order valence-corrected chi connectivity index (χ1v) is 8.48. The molecule has 1 aromatic rings. The van der Waals surface area contributed by atoms with Crippen LogP contribution in [0.5, 0.6) is 0 Å². The third-order valence-electron chi connectivity index (χ3n) is 4.62. The lowest BCUT2D eigenvalue weighted by atomic mass is 10.1. The maximum absolute atomic E-state index is 12.5. The van der Waals surface area contributed by atoms with Crippen LogP contribution in [-0.4, -0.2) is 60.4 Å². The Labute approximate surface area is 144 Å². The fourth-order valence-corrected chi connectivity index (χ4v) is 2.93. The summed E-state index contributed by atoms with van der Waals surface area (Å²) in [4.78, 5) is 28.5. The molecule has 0 aliphatic carbocycles. The van der Waals surface area contributed by atoms with Gasteiger partial charge in [0.2, 0.25) is 11.8 Å². The molecule has 0 saturated carbocycles. The van der Waals surface area contributed by atoms with E-state index in [1.165, 1.54) is 0 Å². The molecule has 5 nitrogen and oxygen atoms in total. The molecule has 1 heterocycles. The molecule has 1 fully saturated rings. The molecular formula is C19H27N3O2. The molecule has 1 atom stereocenters. The predicted molar refractivity (Wildman–Crippen MR) is 95.7 cm³/mol. The number of hydrogen-bond donors (Lipinski definition) is 1. The highest BCUT2D eigenvalue weighted by Gasteiger charge is 2.27. The first-order chi connectivity index (χ1) is 11.5. The van der Waals surface area contributed by atoms with E-state index in [-0.39, 0.29) is 17.9 Å². The van der Waals surface area contributed by atoms with Gasteiger partial charge in [-0.05, 0) is 25.0 Å². The number of nitrogens with one attached hydrogen (secondary N) is 1. The molecule has 1 saturated heterocycles. The van der Waals surface area contributed by atoms with Crippen molar-refractivity contribution in [2.45, 2.75) is 26.3 Å². The van der Waals surface area contributed by atoms with Crippen LogP contribution in [0.3, 0.4) is 0 Å². The van der Waals surface area contributed by atoms with E-state index in [0.29, 0.717) is 26.1 Å². The van der Waals surface area contributed by atoms with Crippen LogP contribution in [0.4, 0.5) is 0 Å². The third kappa shape index (κ3) is 4.68. The van der Waals surface area contributed by atoms with E-state index in [1.807, 2.05) is 43.0 Å². The summed E-state index contributed by atoms with van der Waals surface area (Å²) in [7, 11) is 0. The Balaban J connectivity index is 1.83. The summed E-state index contributed by atoms with van der Waals surface area (Å²) >= 11 is 0. The quantitative estimate of drug-likeness (QED) is 0.802. The first-order valence-electron chi connectivity index (χ1n) is 8.48. The molecule has 1 N–H and O–H groups in total. The Bertz CT molecular complexity index is 592. The highest BCUT2D eigenvalue weighted by molar-refractivity contribution is 5.81. The molecule has 1 aromatic carbocycles. The zero-order chi connectivity index (χ0) is 17.5. The number of piperazine rings is 1. The minimum Gasteiger partial charge on any atom is -0.351 e. The highest BCUT2D eigenvalue weighted by atomic mass is 16.2. The fraction of sp³-hybridized carbons (Fsp3) is 0.474. The smallest absolute Gasteiger partial charge is 0.237 e. The van der Waals surface area contributed by atoms with Crippen molar-refractivity contribution in [1.29, 1.82) is 0 Å². The zero-order valence-electron chi connectivity index (χ0n) is 14.6. The van der Waals surface area contributed by atoms with Gasteiger partial charge in [0.1, 0.15) is 0 Å². The van der Waals surface area contributed by atoms with Gasteiger partial charge >= 0.3 is 0 Å². The summed E-state index contributed by atoms with van der Waals surface area (Å²) in [5.74, 6) is 0.169. The normalized spacial score (nSPS) is 16.5. The monoisotopic (exact) mass is 329 g/mol. The molecule has 5 heteroatoms. The topological polar surface area (TPSA) is 52.7 Å². The molecule has 0 aromatic heterocycles. The van der Waals surface area contributed by atoms with E-state index >= 15 is 0 Å². The van der Waals surface area contributed by atoms with Crippen LogP contribution in [0.2, 0.25) is 0 Å². The summed E-state index contributed by atoms with van der Waals surface area (Å²) in [6.45, 7) is 10.8. The lowest BCUT2D eigenvalue weighted by molar-refractivity contribution is -0.133. The molecule has 1 aliphatic heterocycles. The van der Waals surface area contributed by atoms with Gasteiger partial charge in [0.15, 0.2) is 0 Å². The second-order valence-electron chi connectivity index (χ2n) is 6.23. The van der Waals surface area contributed by atoms with Gasteiger partial charge in [-0.1, -0.05) is 30.3 Å². The lowest BCUT2D eigenvalue weighted by Gasteiger charge is -2.37. The fourth-order valence-electron chi connectivity index (χ4n) is 2.93. The minimum absolute atomic E-state index is 0.00888. The second kappa shape index (κ2) is 8.64. The van der Waals surface area contributed by atoms with Gasteiger partial charge in [0, 0.05) is 32.7 Å². The van der Waals surface area contributed by atoms with Gasteiger partial charge in [-0.2, -0.15) is 0 Å². The Morgan fingerprint density at radius 1 is 1.25 bits per heavy atom. The number of benzene rings is 1. The van der Waals surface area contributed by atoms with E-state index in [9.17, 15) is 9.59 Å². The summed E-state index contributed by atoms with van der Waals surface area (Å²) < 4.78 is 0. The Hall–Kier alpha value is -2.14. The Morgan fingerprint density at radius 3 is 2.54 bits per heavy atom. The number of hydrogen-bond acceptors (Lipinski definition) is 3. The van der Waals surface area contributed by atoms with Crippen LogP contribution in [0.15, 0.2) is 36.9 Å². The van der Waals surface area contributed by atoms with Gasteiger partial charge in [-0.15, -0.1) is 6.58 Å². The Kier molecular flexibility index (Phi) is 6.55. The molecule has 130 valence electrons. The van der Waals surface area contributed by atoms with Crippen LogP contribution in [-0.2, 0) is 16.0 Å². The summed E-state index contributed by atoms with van der Waals surface area (Å²) in [5, 5.41) is 2.82. The van der Waals surface area contributed by atoms with Crippen LogP contribution in [0.25, 0.3) is 0 Å². The standard InChI is InChI=1S/C19H27N3O2/c1-4-9-20-19(24)16(3)21-10-12-22(13-11-21)18(23)14-17-8-6-5-7-15(17)2/h4-8,16H,1,9-14H2,2-3H3,(H,20,24)/t16-/m0/s1. The molecule has 2 amide bonds. The maximum atomic E-state index is 12.5. The first kappa shape index (κ1) is 18.2. The average Bonchev–Trinajstić information content (AvgIpc) is 2.61. The number of aryl methyl sites for hydroxylation is 1. The number of nitrogens with zero attached hydrogens (tertiary/aromatic N) is 2. The summed E-state index contributed by atoms with van der Waals surface area (Å²) in [6.07, 6.45) is 2.12. The average molecular weight is 329 g/mol. The van der Waals surface area contributed by atoms with E-state index in [2.05, 4.69) is 16.8 Å². The van der Waals surface area contributed by atoms with Crippen molar-refractivity contribution in [2.75, 3.05) is 32.7 Å². The van der Waals surface area contributed by atoms with E-state index < -0.39 is 0 Å². The molecule has 0 bridgehead atoms. The minimum atomic E-state index is -0.182. The third-order valence-corrected chi connectivity index (χ3v) is 4.62. The van der Waals surface area contributed by atoms with Gasteiger partial charge in [0.05, 0.1) is 12.5 Å². The van der Waals surface area contributed by atoms with Crippen molar-refractivity contribution < 1.29 is 9.59 Å². The molecule has 0 spiro atoms. The van der Waals surface area contributed by atoms with Crippen molar-refractivity contribution in [3.63, 3.8) is 0 Å². The predicted octanol–water partition coefficient (Wildman–Crippen LogP) is 1.37. The zero-order valence-corrected chi connectivity index (χ0v) is 14.6. The van der Waals surface area contributed by atoms with Crippen LogP contribution in [0.1, 0.15) is 18.1 Å². The number of rotatable bonds is 6. The maximum Gasteiger partial charge on any atom is 0.237 e. The Morgan fingerprint density at radius 2 is 1.92 bits per heavy atom. The van der Waals surface area contributed by atoms with Crippen molar-refractivity contribution in [3.05, 3.63) is 48.0 Å². The van der Waals surface area contributed by atoms with Gasteiger partial charge in [0.25, 0.3) is 0 Å². The van der Waals surface area contributed by atoms with E-state index in [0.717, 1.165) is 24.2 Å². The van der Waals surface area contributed by atoms with Crippen LogP contribution >= 0.6 is 0 Å². The summed E-state index contributed by atoms with van der Waals surface area (Å²) in [6, 6.07) is 7.82. The van der Waals surface area contributed by atoms with Gasteiger partial charge in [-0.3, -0.25) is 14.5 Å². The van der Waals surface area contributed by atoms with Crippen molar-refractivity contribution >= 4 is 11.8 Å². The molecule has 2 rings (SSSR count). The van der Waals surface area contributed by atoms with Crippen molar-refractivity contribution in [2.24, 2.45) is 0 Å². The molecule has 24 heavy (non-hydrogen) atoms. The summed E-state index contributed by atoms with van der Waals surface area (Å²) in [5.41, 5.74) is 2.24. The van der Waals surface area contributed by atoms with E-state index in [4.69, 9.17) is 0 Å². The molecule has 0 radical (unpaired) electrons.